The van der Waals surface area contributed by atoms with Crippen LogP contribution >= 0.6 is 0 Å². The molecule has 0 amide bonds. The molecule has 0 aliphatic rings. The molecule has 11 heteroatoms. The number of carbonyl (C=O) groups excluding carboxylic acids is 1. The number of ether oxygens (including phenoxy) is 1. The minimum absolute atomic E-state index is 0.00589. The highest BCUT2D eigenvalue weighted by Gasteiger charge is 2.21. The van der Waals surface area contributed by atoms with Gasteiger partial charge < -0.3 is 24.4 Å². The summed E-state index contributed by atoms with van der Waals surface area (Å²) in [5, 5.41) is 16.0. The average molecular weight is 546 g/mol. The lowest BCUT2D eigenvalue weighted by atomic mass is 10.1. The van der Waals surface area contributed by atoms with Gasteiger partial charge in [0.05, 0.1) is 28.0 Å². The number of hydrogen-bond acceptors (Lipinski definition) is 9. The van der Waals surface area contributed by atoms with E-state index in [0.717, 1.165) is 28.6 Å². The molecule has 0 aliphatic heterocycles. The van der Waals surface area contributed by atoms with Crippen LogP contribution in [0.4, 0.5) is 23.0 Å². The van der Waals surface area contributed by atoms with Gasteiger partial charge >= 0.3 is 5.97 Å². The predicted molar refractivity (Wildman–Crippen MR) is 157 cm³/mol. The zero-order chi connectivity index (χ0) is 29.1. The second-order valence-corrected chi connectivity index (χ2v) is 10.4. The summed E-state index contributed by atoms with van der Waals surface area (Å²) in [6, 6.07) is 10.6. The molecule has 0 spiro atoms. The van der Waals surface area contributed by atoms with E-state index >= 15 is 0 Å². The number of esters is 1. The third-order valence-corrected chi connectivity index (χ3v) is 6.56. The van der Waals surface area contributed by atoms with Crippen LogP contribution in [0, 0.1) is 17.0 Å². The molecule has 11 nitrogen and oxygen atoms in total. The molecule has 2 aromatic carbocycles. The third kappa shape index (κ3) is 6.20. The number of benzene rings is 2. The number of rotatable bonds is 10. The second-order valence-electron chi connectivity index (χ2n) is 10.4. The number of nitrogens with zero attached hydrogens (tertiary/aromatic N) is 6. The Morgan fingerprint density at radius 3 is 2.58 bits per heavy atom. The summed E-state index contributed by atoms with van der Waals surface area (Å²) in [6.45, 7) is 6.95. The third-order valence-electron chi connectivity index (χ3n) is 6.56. The molecule has 2 aromatic heterocycles. The number of likely N-dealkylation sites (N-methyl/N-ethyl adjacent to an activating group) is 2. The van der Waals surface area contributed by atoms with Crippen LogP contribution in [0.1, 0.15) is 29.8 Å². The Morgan fingerprint density at radius 2 is 1.90 bits per heavy atom. The molecule has 210 valence electrons. The van der Waals surface area contributed by atoms with Gasteiger partial charge in [0.2, 0.25) is 5.95 Å². The van der Waals surface area contributed by atoms with Crippen molar-refractivity contribution in [2.24, 2.45) is 7.05 Å². The molecule has 0 saturated heterocycles. The van der Waals surface area contributed by atoms with Crippen molar-refractivity contribution in [1.29, 1.82) is 0 Å². The number of aryl methyl sites for hydroxylation is 2. The molecule has 0 aliphatic carbocycles. The number of nitro groups is 1. The van der Waals surface area contributed by atoms with E-state index in [9.17, 15) is 14.9 Å². The van der Waals surface area contributed by atoms with Crippen LogP contribution in [0.5, 0.6) is 0 Å². The number of fused-ring (bicyclic) bond motifs is 1. The highest BCUT2D eigenvalue weighted by atomic mass is 16.6. The summed E-state index contributed by atoms with van der Waals surface area (Å²) < 4.78 is 7.28. The van der Waals surface area contributed by atoms with Crippen LogP contribution in [-0.4, -0.2) is 70.7 Å². The molecule has 0 fully saturated rings. The fourth-order valence-corrected chi connectivity index (χ4v) is 4.42. The van der Waals surface area contributed by atoms with Gasteiger partial charge in [-0.25, -0.2) is 14.8 Å². The Labute approximate surface area is 233 Å². The van der Waals surface area contributed by atoms with Crippen molar-refractivity contribution in [3.05, 3.63) is 70.0 Å². The standard InChI is InChI=1S/C29H35N7O4/c1-18(2)40-28(37)20-8-9-21-22(17-35(7)25(21)15-20)23-10-11-30-29(31-23)32-24-16-27(36(38)39)26(14-19(24)3)34(6)13-12-33(4)5/h8-11,14-18H,12-13H2,1-7H3,(H,30,31,32). The Morgan fingerprint density at radius 1 is 1.15 bits per heavy atom. The van der Waals surface area contributed by atoms with E-state index in [1.54, 1.807) is 18.3 Å². The van der Waals surface area contributed by atoms with E-state index in [2.05, 4.69) is 10.3 Å². The molecule has 4 aromatic rings. The monoisotopic (exact) mass is 545 g/mol. The van der Waals surface area contributed by atoms with E-state index in [4.69, 9.17) is 9.72 Å². The summed E-state index contributed by atoms with van der Waals surface area (Å²) in [5.74, 6) is -0.0507. The van der Waals surface area contributed by atoms with Gasteiger partial charge in [-0.05, 0) is 64.7 Å². The summed E-state index contributed by atoms with van der Waals surface area (Å²) in [4.78, 5) is 37.0. The molecule has 2 heterocycles. The van der Waals surface area contributed by atoms with E-state index < -0.39 is 0 Å². The van der Waals surface area contributed by atoms with Crippen molar-refractivity contribution in [3.8, 4) is 11.3 Å². The van der Waals surface area contributed by atoms with Gasteiger partial charge in [0, 0.05) is 62.1 Å². The zero-order valence-corrected chi connectivity index (χ0v) is 23.9. The lowest BCUT2D eigenvalue weighted by molar-refractivity contribution is -0.384. The van der Waals surface area contributed by atoms with E-state index in [1.165, 1.54) is 6.07 Å². The van der Waals surface area contributed by atoms with E-state index in [1.807, 2.05) is 87.7 Å². The molecule has 0 saturated carbocycles. The maximum atomic E-state index is 12.4. The van der Waals surface area contributed by atoms with Gasteiger partial charge in [-0.3, -0.25) is 10.1 Å². The Bertz CT molecular complexity index is 1560. The lowest BCUT2D eigenvalue weighted by Gasteiger charge is -2.22. The number of anilines is 3. The first-order valence-electron chi connectivity index (χ1n) is 13.0. The molecular formula is C29H35N7O4. The molecule has 0 bridgehead atoms. The highest BCUT2D eigenvalue weighted by molar-refractivity contribution is 6.00. The maximum Gasteiger partial charge on any atom is 0.338 e. The summed E-state index contributed by atoms with van der Waals surface area (Å²) in [7, 11) is 7.69. The lowest BCUT2D eigenvalue weighted by Crippen LogP contribution is -2.29. The van der Waals surface area contributed by atoms with Crippen molar-refractivity contribution in [3.63, 3.8) is 0 Å². The zero-order valence-electron chi connectivity index (χ0n) is 23.9. The van der Waals surface area contributed by atoms with E-state index in [-0.39, 0.29) is 22.7 Å². The van der Waals surface area contributed by atoms with Crippen molar-refractivity contribution in [1.82, 2.24) is 19.4 Å². The van der Waals surface area contributed by atoms with Crippen molar-refractivity contribution >= 4 is 39.9 Å². The summed E-state index contributed by atoms with van der Waals surface area (Å²) >= 11 is 0. The summed E-state index contributed by atoms with van der Waals surface area (Å²) in [5.41, 5.74) is 4.83. The summed E-state index contributed by atoms with van der Waals surface area (Å²) in [6.07, 6.45) is 3.39. The Hall–Kier alpha value is -4.51. The van der Waals surface area contributed by atoms with Crippen molar-refractivity contribution < 1.29 is 14.5 Å². The normalized spacial score (nSPS) is 11.3. The Kier molecular flexibility index (Phi) is 8.34. The molecule has 0 atom stereocenters. The van der Waals surface area contributed by atoms with Gasteiger partial charge in [-0.15, -0.1) is 0 Å². The van der Waals surface area contributed by atoms with Gasteiger partial charge in [0.1, 0.15) is 5.69 Å². The fourth-order valence-electron chi connectivity index (χ4n) is 4.42. The van der Waals surface area contributed by atoms with Crippen LogP contribution in [0.2, 0.25) is 0 Å². The SMILES string of the molecule is Cc1cc(N(C)CCN(C)C)c([N+](=O)[O-])cc1Nc1nccc(-c2cn(C)c3cc(C(=O)OC(C)C)ccc23)n1. The van der Waals surface area contributed by atoms with Crippen molar-refractivity contribution in [2.75, 3.05) is 44.4 Å². The Balaban J connectivity index is 1.65. The van der Waals surface area contributed by atoms with Gasteiger partial charge in [0.25, 0.3) is 5.69 Å². The minimum atomic E-state index is -0.370. The minimum Gasteiger partial charge on any atom is -0.459 e. The van der Waals surface area contributed by atoms with Gasteiger partial charge in [0.15, 0.2) is 0 Å². The fraction of sp³-hybridized carbons (Fsp3) is 0.345. The molecule has 4 rings (SSSR count). The first-order chi connectivity index (χ1) is 18.9. The molecular weight excluding hydrogens is 510 g/mol. The largest absolute Gasteiger partial charge is 0.459 e. The molecule has 0 unspecified atom stereocenters. The number of hydrogen-bond donors (Lipinski definition) is 1. The van der Waals surface area contributed by atoms with Gasteiger partial charge in [-0.2, -0.15) is 0 Å². The van der Waals surface area contributed by atoms with Crippen LogP contribution in [0.25, 0.3) is 22.2 Å². The van der Waals surface area contributed by atoms with Crippen molar-refractivity contribution in [2.45, 2.75) is 26.9 Å². The quantitative estimate of drug-likeness (QED) is 0.164. The number of nitrogens with one attached hydrogen (secondary N) is 1. The number of aromatic nitrogens is 3. The predicted octanol–water partition coefficient (Wildman–Crippen LogP) is 5.16. The topological polar surface area (TPSA) is 119 Å². The van der Waals surface area contributed by atoms with Crippen LogP contribution in [-0.2, 0) is 11.8 Å². The van der Waals surface area contributed by atoms with Gasteiger partial charge in [-0.1, -0.05) is 6.07 Å². The average Bonchev–Trinajstić information content (AvgIpc) is 3.23. The smallest absolute Gasteiger partial charge is 0.338 e. The number of carbonyl (C=O) groups is 1. The van der Waals surface area contributed by atoms with Crippen LogP contribution in [0.15, 0.2) is 48.8 Å². The first-order valence-corrected chi connectivity index (χ1v) is 13.0. The molecule has 1 N–H and O–H groups in total. The van der Waals surface area contributed by atoms with Crippen LogP contribution in [0.3, 0.4) is 0 Å². The second kappa shape index (κ2) is 11.7. The molecule has 0 radical (unpaired) electrons. The number of nitro benzene ring substituents is 1. The molecule has 40 heavy (non-hydrogen) atoms. The van der Waals surface area contributed by atoms with E-state index in [0.29, 0.717) is 35.1 Å². The van der Waals surface area contributed by atoms with Crippen LogP contribution < -0.4 is 10.2 Å². The maximum absolute atomic E-state index is 12.4. The highest BCUT2D eigenvalue weighted by Crippen LogP contribution is 2.35. The first kappa shape index (κ1) is 28.5.